The molecule has 0 spiro atoms. The number of rotatable bonds is 4. The first-order valence-electron chi connectivity index (χ1n) is 5.73. The molecule has 0 fully saturated rings. The SMILES string of the molecule is Cc1cccc(-c2nc(CNCC(F)(F)F)co2)c1. The number of benzene rings is 1. The molecule has 0 saturated carbocycles. The predicted octanol–water partition coefficient (Wildman–Crippen LogP) is 3.30. The third-order valence-corrected chi connectivity index (χ3v) is 2.45. The number of oxazole rings is 1. The first kappa shape index (κ1) is 13.6. The van der Waals surface area contributed by atoms with E-state index in [-0.39, 0.29) is 6.54 Å². The van der Waals surface area contributed by atoms with Gasteiger partial charge < -0.3 is 9.73 Å². The van der Waals surface area contributed by atoms with Gasteiger partial charge in [-0.3, -0.25) is 0 Å². The number of aryl methyl sites for hydroxylation is 1. The summed E-state index contributed by atoms with van der Waals surface area (Å²) in [6.07, 6.45) is -2.86. The molecule has 1 N–H and O–H groups in total. The summed E-state index contributed by atoms with van der Waals surface area (Å²) in [5, 5.41) is 2.27. The van der Waals surface area contributed by atoms with E-state index in [1.54, 1.807) is 0 Å². The van der Waals surface area contributed by atoms with Gasteiger partial charge in [0.15, 0.2) is 0 Å². The highest BCUT2D eigenvalue weighted by Gasteiger charge is 2.26. The normalized spacial score (nSPS) is 11.8. The van der Waals surface area contributed by atoms with Gasteiger partial charge in [-0.15, -0.1) is 0 Å². The molecule has 0 amide bonds. The van der Waals surface area contributed by atoms with E-state index in [0.717, 1.165) is 11.1 Å². The zero-order valence-corrected chi connectivity index (χ0v) is 10.3. The van der Waals surface area contributed by atoms with Crippen LogP contribution in [0.5, 0.6) is 0 Å². The Morgan fingerprint density at radius 3 is 2.79 bits per heavy atom. The molecule has 0 saturated heterocycles. The zero-order valence-electron chi connectivity index (χ0n) is 10.3. The zero-order chi connectivity index (χ0) is 13.9. The van der Waals surface area contributed by atoms with Crippen LogP contribution in [0.15, 0.2) is 34.9 Å². The lowest BCUT2D eigenvalue weighted by molar-refractivity contribution is -0.125. The Balaban J connectivity index is 1.99. The summed E-state index contributed by atoms with van der Waals surface area (Å²) in [5.41, 5.74) is 2.32. The van der Waals surface area contributed by atoms with Gasteiger partial charge in [-0.2, -0.15) is 13.2 Å². The number of hydrogen-bond acceptors (Lipinski definition) is 3. The van der Waals surface area contributed by atoms with Gasteiger partial charge in [0.25, 0.3) is 0 Å². The summed E-state index contributed by atoms with van der Waals surface area (Å²) in [5.74, 6) is 0.410. The van der Waals surface area contributed by atoms with Gasteiger partial charge in [0.05, 0.1) is 12.2 Å². The average molecular weight is 270 g/mol. The number of alkyl halides is 3. The molecule has 0 aliphatic carbocycles. The molecule has 1 heterocycles. The maximum absolute atomic E-state index is 12.0. The van der Waals surface area contributed by atoms with E-state index >= 15 is 0 Å². The molecule has 2 rings (SSSR count). The van der Waals surface area contributed by atoms with Gasteiger partial charge in [0, 0.05) is 12.1 Å². The molecule has 6 heteroatoms. The van der Waals surface area contributed by atoms with Gasteiger partial charge in [-0.1, -0.05) is 17.7 Å². The van der Waals surface area contributed by atoms with Crippen LogP contribution in [0, 0.1) is 6.92 Å². The lowest BCUT2D eigenvalue weighted by Gasteiger charge is -2.05. The smallest absolute Gasteiger partial charge is 0.401 e. The molecule has 0 atom stereocenters. The Hall–Kier alpha value is -1.82. The number of hydrogen-bond donors (Lipinski definition) is 1. The van der Waals surface area contributed by atoms with Crippen molar-refractivity contribution in [3.05, 3.63) is 41.8 Å². The minimum absolute atomic E-state index is 0.0226. The van der Waals surface area contributed by atoms with E-state index < -0.39 is 12.7 Å². The minimum Gasteiger partial charge on any atom is -0.444 e. The second-order valence-electron chi connectivity index (χ2n) is 4.23. The molecule has 3 nitrogen and oxygen atoms in total. The van der Waals surface area contributed by atoms with E-state index in [0.29, 0.717) is 11.6 Å². The van der Waals surface area contributed by atoms with Gasteiger partial charge >= 0.3 is 6.18 Å². The molecular weight excluding hydrogens is 257 g/mol. The molecular formula is C13H13F3N2O. The van der Waals surface area contributed by atoms with E-state index in [2.05, 4.69) is 10.3 Å². The molecule has 2 aromatic rings. The lowest BCUT2D eigenvalue weighted by atomic mass is 10.1. The highest BCUT2D eigenvalue weighted by atomic mass is 19.4. The second kappa shape index (κ2) is 5.44. The van der Waals surface area contributed by atoms with Crippen LogP contribution in [0.3, 0.4) is 0 Å². The summed E-state index contributed by atoms with van der Waals surface area (Å²) in [6, 6.07) is 7.55. The fourth-order valence-corrected chi connectivity index (χ4v) is 1.63. The van der Waals surface area contributed by atoms with Crippen LogP contribution in [-0.2, 0) is 6.54 Å². The van der Waals surface area contributed by atoms with E-state index in [1.165, 1.54) is 6.26 Å². The average Bonchev–Trinajstić information content (AvgIpc) is 2.76. The van der Waals surface area contributed by atoms with Crippen LogP contribution in [0.25, 0.3) is 11.5 Å². The third kappa shape index (κ3) is 4.10. The Labute approximate surface area is 108 Å². The number of halogens is 3. The highest BCUT2D eigenvalue weighted by molar-refractivity contribution is 5.54. The summed E-state index contributed by atoms with van der Waals surface area (Å²) in [4.78, 5) is 4.14. The summed E-state index contributed by atoms with van der Waals surface area (Å²) < 4.78 is 41.2. The quantitative estimate of drug-likeness (QED) is 0.926. The van der Waals surface area contributed by atoms with E-state index in [1.807, 2.05) is 31.2 Å². The molecule has 0 unspecified atom stereocenters. The van der Waals surface area contributed by atoms with E-state index in [4.69, 9.17) is 4.42 Å². The second-order valence-corrected chi connectivity index (χ2v) is 4.23. The molecule has 0 aliphatic heterocycles. The molecule has 0 bridgehead atoms. The largest absolute Gasteiger partial charge is 0.444 e. The van der Waals surface area contributed by atoms with Crippen molar-refractivity contribution in [2.75, 3.05) is 6.54 Å². The van der Waals surface area contributed by atoms with Crippen molar-refractivity contribution in [3.8, 4) is 11.5 Å². The van der Waals surface area contributed by atoms with Crippen LogP contribution >= 0.6 is 0 Å². The Morgan fingerprint density at radius 1 is 1.32 bits per heavy atom. The van der Waals surface area contributed by atoms with Crippen LogP contribution in [0.4, 0.5) is 13.2 Å². The Kier molecular flexibility index (Phi) is 3.90. The molecule has 0 aliphatic rings. The fourth-order valence-electron chi connectivity index (χ4n) is 1.63. The molecule has 0 radical (unpaired) electrons. The van der Waals surface area contributed by atoms with Crippen molar-refractivity contribution in [2.45, 2.75) is 19.6 Å². The van der Waals surface area contributed by atoms with Crippen LogP contribution in [0.2, 0.25) is 0 Å². The summed E-state index contributed by atoms with van der Waals surface area (Å²) in [7, 11) is 0. The first-order chi connectivity index (χ1) is 8.94. The molecule has 1 aromatic carbocycles. The first-order valence-corrected chi connectivity index (χ1v) is 5.73. The maximum Gasteiger partial charge on any atom is 0.401 e. The number of nitrogens with one attached hydrogen (secondary N) is 1. The predicted molar refractivity (Wildman–Crippen MR) is 64.4 cm³/mol. The Morgan fingerprint density at radius 2 is 2.11 bits per heavy atom. The highest BCUT2D eigenvalue weighted by Crippen LogP contribution is 2.19. The molecule has 19 heavy (non-hydrogen) atoms. The van der Waals surface area contributed by atoms with Crippen molar-refractivity contribution in [1.82, 2.24) is 10.3 Å². The standard InChI is InChI=1S/C13H13F3N2O/c1-9-3-2-4-10(5-9)12-18-11(7-19-12)6-17-8-13(14,15)16/h2-5,7,17H,6,8H2,1H3. The fraction of sp³-hybridized carbons (Fsp3) is 0.308. The summed E-state index contributed by atoms with van der Waals surface area (Å²) >= 11 is 0. The monoisotopic (exact) mass is 270 g/mol. The van der Waals surface area contributed by atoms with Crippen LogP contribution < -0.4 is 5.32 Å². The van der Waals surface area contributed by atoms with Gasteiger partial charge in [-0.05, 0) is 19.1 Å². The lowest BCUT2D eigenvalue weighted by Crippen LogP contribution is -2.28. The van der Waals surface area contributed by atoms with Gasteiger partial charge in [0.2, 0.25) is 5.89 Å². The molecule has 1 aromatic heterocycles. The van der Waals surface area contributed by atoms with Crippen molar-refractivity contribution in [1.29, 1.82) is 0 Å². The number of aromatic nitrogens is 1. The number of nitrogens with zero attached hydrogens (tertiary/aromatic N) is 1. The van der Waals surface area contributed by atoms with Crippen LogP contribution in [-0.4, -0.2) is 17.7 Å². The van der Waals surface area contributed by atoms with Crippen molar-refractivity contribution < 1.29 is 17.6 Å². The topological polar surface area (TPSA) is 38.1 Å². The maximum atomic E-state index is 12.0. The Bertz CT molecular complexity index is 549. The minimum atomic E-state index is -4.22. The van der Waals surface area contributed by atoms with Gasteiger partial charge in [-0.25, -0.2) is 4.98 Å². The van der Waals surface area contributed by atoms with Gasteiger partial charge in [0.1, 0.15) is 6.26 Å². The van der Waals surface area contributed by atoms with Crippen molar-refractivity contribution in [2.24, 2.45) is 0 Å². The van der Waals surface area contributed by atoms with Crippen LogP contribution in [0.1, 0.15) is 11.3 Å². The third-order valence-electron chi connectivity index (χ3n) is 2.45. The van der Waals surface area contributed by atoms with Crippen molar-refractivity contribution >= 4 is 0 Å². The van der Waals surface area contributed by atoms with E-state index in [9.17, 15) is 13.2 Å². The molecule has 102 valence electrons. The van der Waals surface area contributed by atoms with Crippen molar-refractivity contribution in [3.63, 3.8) is 0 Å². The summed E-state index contributed by atoms with van der Waals surface area (Å²) in [6.45, 7) is 0.923.